The van der Waals surface area contributed by atoms with Crippen molar-refractivity contribution in [1.82, 2.24) is 4.72 Å². The summed E-state index contributed by atoms with van der Waals surface area (Å²) in [6.07, 6.45) is 0. The quantitative estimate of drug-likeness (QED) is 0.871. The number of hydrogen-bond acceptors (Lipinski definition) is 3. The summed E-state index contributed by atoms with van der Waals surface area (Å²) < 4.78 is 33.3. The van der Waals surface area contributed by atoms with E-state index in [-0.39, 0.29) is 10.9 Å². The van der Waals surface area contributed by atoms with Crippen molar-refractivity contribution in [3.8, 4) is 5.75 Å². The number of nitrogens with one attached hydrogen (secondary N) is 1. The Balaban J connectivity index is 2.32. The maximum absolute atomic E-state index is 12.6. The number of sulfonamides is 1. The molecule has 2 aromatic carbocycles. The molecule has 6 heteroatoms. The fraction of sp³-hybridized carbons (Fsp3) is 0.250. The van der Waals surface area contributed by atoms with E-state index in [1.165, 1.54) is 6.07 Å². The fourth-order valence-electron chi connectivity index (χ4n) is 2.07. The zero-order valence-electron chi connectivity index (χ0n) is 12.4. The van der Waals surface area contributed by atoms with Crippen LogP contribution >= 0.6 is 11.6 Å². The van der Waals surface area contributed by atoms with E-state index in [1.807, 2.05) is 30.3 Å². The van der Waals surface area contributed by atoms with E-state index >= 15 is 0 Å². The van der Waals surface area contributed by atoms with Gasteiger partial charge in [-0.25, -0.2) is 13.1 Å². The molecule has 4 nitrogen and oxygen atoms in total. The van der Waals surface area contributed by atoms with Crippen molar-refractivity contribution in [2.24, 2.45) is 0 Å². The molecule has 2 rings (SSSR count). The monoisotopic (exact) mass is 339 g/mol. The Hall–Kier alpha value is -1.56. The number of benzene rings is 2. The lowest BCUT2D eigenvalue weighted by Crippen LogP contribution is -2.27. The first-order chi connectivity index (χ1) is 10.4. The van der Waals surface area contributed by atoms with Crippen molar-refractivity contribution in [1.29, 1.82) is 0 Å². The molecular formula is C16H18ClNO3S. The molecule has 0 aliphatic rings. The number of rotatable bonds is 6. The predicted octanol–water partition coefficient (Wildman–Crippen LogP) is 3.78. The van der Waals surface area contributed by atoms with Gasteiger partial charge in [-0.3, -0.25) is 0 Å². The van der Waals surface area contributed by atoms with Crippen molar-refractivity contribution >= 4 is 21.6 Å². The van der Waals surface area contributed by atoms with Gasteiger partial charge in [0.05, 0.1) is 6.61 Å². The zero-order valence-corrected chi connectivity index (χ0v) is 14.0. The van der Waals surface area contributed by atoms with E-state index in [0.717, 1.165) is 5.56 Å². The Morgan fingerprint density at radius 2 is 1.86 bits per heavy atom. The second kappa shape index (κ2) is 7.13. The minimum absolute atomic E-state index is 0.0460. The van der Waals surface area contributed by atoms with Crippen LogP contribution in [0.1, 0.15) is 25.5 Å². The minimum Gasteiger partial charge on any atom is -0.492 e. The summed E-state index contributed by atoms with van der Waals surface area (Å²) in [6, 6.07) is 13.6. The van der Waals surface area contributed by atoms with E-state index in [2.05, 4.69) is 4.72 Å². The molecule has 0 unspecified atom stereocenters. The lowest BCUT2D eigenvalue weighted by Gasteiger charge is -2.17. The van der Waals surface area contributed by atoms with Crippen LogP contribution in [0.4, 0.5) is 0 Å². The van der Waals surface area contributed by atoms with E-state index < -0.39 is 10.0 Å². The van der Waals surface area contributed by atoms with E-state index in [9.17, 15) is 8.42 Å². The molecule has 0 amide bonds. The predicted molar refractivity (Wildman–Crippen MR) is 87.8 cm³/mol. The SMILES string of the molecule is CCOc1ccc(Cl)cc1S(=O)(=O)N[C@H](C)c1ccccc1. The minimum atomic E-state index is -3.74. The van der Waals surface area contributed by atoms with Crippen LogP contribution in [0, 0.1) is 0 Å². The third kappa shape index (κ3) is 4.00. The van der Waals surface area contributed by atoms with E-state index in [1.54, 1.807) is 26.0 Å². The van der Waals surface area contributed by atoms with Crippen LogP contribution in [0.15, 0.2) is 53.4 Å². The Labute approximate surface area is 136 Å². The molecule has 1 N–H and O–H groups in total. The molecule has 118 valence electrons. The molecule has 0 aromatic heterocycles. The summed E-state index contributed by atoms with van der Waals surface area (Å²) in [7, 11) is -3.74. The van der Waals surface area contributed by atoms with Gasteiger partial charge in [-0.1, -0.05) is 41.9 Å². The van der Waals surface area contributed by atoms with Gasteiger partial charge in [0.2, 0.25) is 10.0 Å². The second-order valence-electron chi connectivity index (χ2n) is 4.78. The average molecular weight is 340 g/mol. The highest BCUT2D eigenvalue weighted by Gasteiger charge is 2.23. The Bertz CT molecular complexity index is 732. The number of ether oxygens (including phenoxy) is 1. The van der Waals surface area contributed by atoms with E-state index in [4.69, 9.17) is 16.3 Å². The van der Waals surface area contributed by atoms with Gasteiger partial charge in [-0.05, 0) is 37.6 Å². The summed E-state index contributed by atoms with van der Waals surface area (Å²) >= 11 is 5.93. The van der Waals surface area contributed by atoms with Gasteiger partial charge in [-0.2, -0.15) is 0 Å². The van der Waals surface area contributed by atoms with Gasteiger partial charge >= 0.3 is 0 Å². The normalized spacial score (nSPS) is 12.9. The number of halogens is 1. The molecule has 0 heterocycles. The Morgan fingerprint density at radius 3 is 2.50 bits per heavy atom. The van der Waals surface area contributed by atoms with Crippen molar-refractivity contribution in [3.63, 3.8) is 0 Å². The number of hydrogen-bond donors (Lipinski definition) is 1. The topological polar surface area (TPSA) is 55.4 Å². The first-order valence-electron chi connectivity index (χ1n) is 6.93. The maximum atomic E-state index is 12.6. The van der Waals surface area contributed by atoms with Crippen LogP contribution in [0.5, 0.6) is 5.75 Å². The molecule has 0 fully saturated rings. The maximum Gasteiger partial charge on any atom is 0.244 e. The smallest absolute Gasteiger partial charge is 0.244 e. The van der Waals surface area contributed by atoms with Gasteiger partial charge in [0, 0.05) is 11.1 Å². The first-order valence-corrected chi connectivity index (χ1v) is 8.80. The average Bonchev–Trinajstić information content (AvgIpc) is 2.49. The lowest BCUT2D eigenvalue weighted by atomic mass is 10.1. The largest absolute Gasteiger partial charge is 0.492 e. The molecular weight excluding hydrogens is 322 g/mol. The van der Waals surface area contributed by atoms with Gasteiger partial charge in [0.15, 0.2) is 0 Å². The summed E-state index contributed by atoms with van der Waals surface area (Å²) in [5, 5.41) is 0.344. The highest BCUT2D eigenvalue weighted by atomic mass is 35.5. The van der Waals surface area contributed by atoms with Crippen LogP contribution in [-0.2, 0) is 10.0 Å². The summed E-state index contributed by atoms with van der Waals surface area (Å²) in [5.41, 5.74) is 0.881. The van der Waals surface area contributed by atoms with Crippen molar-refractivity contribution < 1.29 is 13.2 Å². The summed E-state index contributed by atoms with van der Waals surface area (Å²) in [6.45, 7) is 3.96. The molecule has 0 aliphatic carbocycles. The standard InChI is InChI=1S/C16H18ClNO3S/c1-3-21-15-10-9-14(17)11-16(15)22(19,20)18-12(2)13-7-5-4-6-8-13/h4-12,18H,3H2,1-2H3/t12-/m1/s1. The zero-order chi connectivity index (χ0) is 16.2. The molecule has 22 heavy (non-hydrogen) atoms. The van der Waals surface area contributed by atoms with Gasteiger partial charge in [-0.15, -0.1) is 0 Å². The Kier molecular flexibility index (Phi) is 5.45. The van der Waals surface area contributed by atoms with Crippen LogP contribution in [0.3, 0.4) is 0 Å². The van der Waals surface area contributed by atoms with Gasteiger partial charge in [0.1, 0.15) is 10.6 Å². The molecule has 0 saturated carbocycles. The van der Waals surface area contributed by atoms with Crippen LogP contribution in [-0.4, -0.2) is 15.0 Å². The first kappa shape index (κ1) is 16.8. The highest BCUT2D eigenvalue weighted by Crippen LogP contribution is 2.28. The van der Waals surface area contributed by atoms with Crippen LogP contribution in [0.2, 0.25) is 5.02 Å². The summed E-state index contributed by atoms with van der Waals surface area (Å²) in [4.78, 5) is 0.0460. The van der Waals surface area contributed by atoms with Crippen molar-refractivity contribution in [2.75, 3.05) is 6.61 Å². The molecule has 0 saturated heterocycles. The summed E-state index contributed by atoms with van der Waals surface area (Å²) in [5.74, 6) is 0.291. The molecule has 0 radical (unpaired) electrons. The van der Waals surface area contributed by atoms with Crippen molar-refractivity contribution in [2.45, 2.75) is 24.8 Å². The van der Waals surface area contributed by atoms with Crippen LogP contribution in [0.25, 0.3) is 0 Å². The van der Waals surface area contributed by atoms with Gasteiger partial charge in [0.25, 0.3) is 0 Å². The fourth-order valence-corrected chi connectivity index (χ4v) is 3.71. The van der Waals surface area contributed by atoms with E-state index in [0.29, 0.717) is 17.4 Å². The molecule has 0 aliphatic heterocycles. The molecule has 1 atom stereocenters. The molecule has 0 spiro atoms. The van der Waals surface area contributed by atoms with Crippen molar-refractivity contribution in [3.05, 3.63) is 59.1 Å². The lowest BCUT2D eigenvalue weighted by molar-refractivity contribution is 0.331. The highest BCUT2D eigenvalue weighted by molar-refractivity contribution is 7.89. The molecule has 0 bridgehead atoms. The second-order valence-corrected chi connectivity index (χ2v) is 6.90. The van der Waals surface area contributed by atoms with Gasteiger partial charge < -0.3 is 4.74 Å². The van der Waals surface area contributed by atoms with Crippen LogP contribution < -0.4 is 9.46 Å². The third-order valence-corrected chi connectivity index (χ3v) is 4.92. The Morgan fingerprint density at radius 1 is 1.18 bits per heavy atom. The third-order valence-electron chi connectivity index (χ3n) is 3.13. The molecule has 2 aromatic rings.